The Morgan fingerprint density at radius 2 is 2.18 bits per heavy atom. The zero-order chi connectivity index (χ0) is 16.4. The number of ether oxygens (including phenoxy) is 1. The molecule has 0 saturated carbocycles. The van der Waals surface area contributed by atoms with Crippen LogP contribution >= 0.6 is 15.9 Å². The Morgan fingerprint density at radius 1 is 1.41 bits per heavy atom. The van der Waals surface area contributed by atoms with E-state index < -0.39 is 5.97 Å². The molecule has 0 fully saturated rings. The average Bonchev–Trinajstić information content (AvgIpc) is 2.51. The first-order valence-electron chi connectivity index (χ1n) is 7.47. The van der Waals surface area contributed by atoms with Crippen LogP contribution in [-0.4, -0.2) is 37.0 Å². The van der Waals surface area contributed by atoms with Crippen molar-refractivity contribution in [1.82, 2.24) is 0 Å². The largest absolute Gasteiger partial charge is 0.460 e. The number of anilines is 1. The number of benzene rings is 1. The molecule has 5 nitrogen and oxygen atoms in total. The van der Waals surface area contributed by atoms with Gasteiger partial charge in [-0.25, -0.2) is 4.79 Å². The van der Waals surface area contributed by atoms with E-state index in [0.717, 1.165) is 13.0 Å². The van der Waals surface area contributed by atoms with Crippen LogP contribution in [0.25, 0.3) is 0 Å². The van der Waals surface area contributed by atoms with Gasteiger partial charge in [-0.05, 0) is 34.5 Å². The van der Waals surface area contributed by atoms with Crippen LogP contribution in [0, 0.1) is 0 Å². The lowest BCUT2D eigenvalue weighted by molar-refractivity contribution is 0.0433. The number of nitrogens with two attached hydrogens (primary N) is 1. The Hall–Kier alpha value is -1.40. The average molecular weight is 371 g/mol. The Morgan fingerprint density at radius 3 is 2.86 bits per heavy atom. The summed E-state index contributed by atoms with van der Waals surface area (Å²) in [6.07, 6.45) is 6.32. The second kappa shape index (κ2) is 10.3. The monoisotopic (exact) mass is 370 g/mol. The second-order valence-corrected chi connectivity index (χ2v) is 5.77. The number of nitrogens with zero attached hydrogens (tertiary/aromatic N) is 1. The molecule has 0 radical (unpaired) electrons. The molecule has 0 aliphatic rings. The van der Waals surface area contributed by atoms with Crippen molar-refractivity contribution in [3.63, 3.8) is 0 Å². The van der Waals surface area contributed by atoms with Crippen molar-refractivity contribution in [2.75, 3.05) is 25.5 Å². The van der Waals surface area contributed by atoms with Crippen LogP contribution in [0.1, 0.15) is 48.5 Å². The minimum absolute atomic E-state index is 0.0261. The number of rotatable bonds is 9. The highest BCUT2D eigenvalue weighted by atomic mass is 79.9. The Bertz CT molecular complexity index is 518. The third-order valence-electron chi connectivity index (χ3n) is 3.09. The number of carbonyl (C=O) groups is 1. The van der Waals surface area contributed by atoms with Gasteiger partial charge in [0.15, 0.2) is 0 Å². The van der Waals surface area contributed by atoms with Gasteiger partial charge in [0.05, 0.1) is 17.9 Å². The summed E-state index contributed by atoms with van der Waals surface area (Å²) in [5.74, 6) is -0.493. The quantitative estimate of drug-likeness (QED) is 0.302. The first-order valence-corrected chi connectivity index (χ1v) is 8.26. The summed E-state index contributed by atoms with van der Waals surface area (Å²) >= 11 is 3.33. The molecule has 0 aliphatic carbocycles. The molecule has 122 valence electrons. The lowest BCUT2D eigenvalue weighted by Gasteiger charge is -2.08. The molecule has 0 heterocycles. The third kappa shape index (κ3) is 6.15. The SMILES string of the molecule is CCCCCCN=Cc1cc(C(=O)OCCO)cc(Br)c1N. The van der Waals surface area contributed by atoms with Crippen LogP contribution in [0.4, 0.5) is 5.69 Å². The maximum absolute atomic E-state index is 11.8. The van der Waals surface area contributed by atoms with Crippen LogP contribution in [0.5, 0.6) is 0 Å². The molecule has 0 saturated heterocycles. The van der Waals surface area contributed by atoms with Gasteiger partial charge in [0.2, 0.25) is 0 Å². The van der Waals surface area contributed by atoms with E-state index in [1.54, 1.807) is 18.3 Å². The number of esters is 1. The fraction of sp³-hybridized carbons (Fsp3) is 0.500. The highest BCUT2D eigenvalue weighted by Gasteiger charge is 2.12. The van der Waals surface area contributed by atoms with Gasteiger partial charge in [0.25, 0.3) is 0 Å². The van der Waals surface area contributed by atoms with Gasteiger partial charge < -0.3 is 15.6 Å². The standard InChI is InChI=1S/C16H23BrN2O3/c1-2-3-4-5-6-19-11-13-9-12(10-14(17)15(13)18)16(21)22-8-7-20/h9-11,20H,2-8,18H2,1H3. The Kier molecular flexibility index (Phi) is 8.77. The van der Waals surface area contributed by atoms with Crippen molar-refractivity contribution >= 4 is 33.8 Å². The van der Waals surface area contributed by atoms with E-state index in [2.05, 4.69) is 27.8 Å². The summed E-state index contributed by atoms with van der Waals surface area (Å²) in [5.41, 5.74) is 7.58. The number of carbonyl (C=O) groups excluding carboxylic acids is 1. The normalized spacial score (nSPS) is 11.0. The number of aliphatic imine (C=N–C) groups is 1. The number of nitrogen functional groups attached to an aromatic ring is 1. The van der Waals surface area contributed by atoms with Crippen LogP contribution in [0.3, 0.4) is 0 Å². The van der Waals surface area contributed by atoms with Crippen molar-refractivity contribution in [2.45, 2.75) is 32.6 Å². The van der Waals surface area contributed by atoms with Crippen molar-refractivity contribution in [3.8, 4) is 0 Å². The lowest BCUT2D eigenvalue weighted by atomic mass is 10.1. The molecule has 3 N–H and O–H groups in total. The number of unbranched alkanes of at least 4 members (excludes halogenated alkanes) is 3. The number of hydrogen-bond acceptors (Lipinski definition) is 5. The number of hydrogen-bond donors (Lipinski definition) is 2. The van der Waals surface area contributed by atoms with Crippen LogP contribution < -0.4 is 5.73 Å². The summed E-state index contributed by atoms with van der Waals surface area (Å²) in [4.78, 5) is 16.2. The van der Waals surface area contributed by atoms with Gasteiger partial charge in [0, 0.05) is 22.8 Å². The molecular formula is C16H23BrN2O3. The van der Waals surface area contributed by atoms with E-state index in [9.17, 15) is 4.79 Å². The molecule has 0 atom stereocenters. The van der Waals surface area contributed by atoms with Crippen molar-refractivity contribution in [3.05, 3.63) is 27.7 Å². The molecule has 1 aromatic rings. The van der Waals surface area contributed by atoms with E-state index in [0.29, 0.717) is 21.3 Å². The minimum Gasteiger partial charge on any atom is -0.460 e. The lowest BCUT2D eigenvalue weighted by Crippen LogP contribution is -2.10. The molecule has 0 aliphatic heterocycles. The van der Waals surface area contributed by atoms with Crippen LogP contribution in [0.15, 0.2) is 21.6 Å². The first-order chi connectivity index (χ1) is 10.6. The van der Waals surface area contributed by atoms with Gasteiger partial charge >= 0.3 is 5.97 Å². The third-order valence-corrected chi connectivity index (χ3v) is 3.75. The van der Waals surface area contributed by atoms with E-state index in [4.69, 9.17) is 15.6 Å². The summed E-state index contributed by atoms with van der Waals surface area (Å²) < 4.78 is 5.53. The number of aliphatic hydroxyl groups is 1. The minimum atomic E-state index is -0.493. The summed E-state index contributed by atoms with van der Waals surface area (Å²) in [5, 5.41) is 8.69. The first kappa shape index (κ1) is 18.6. The van der Waals surface area contributed by atoms with Crippen molar-refractivity contribution in [2.24, 2.45) is 4.99 Å². The van der Waals surface area contributed by atoms with E-state index in [-0.39, 0.29) is 13.2 Å². The highest BCUT2D eigenvalue weighted by Crippen LogP contribution is 2.25. The van der Waals surface area contributed by atoms with E-state index >= 15 is 0 Å². The predicted octanol–water partition coefficient (Wildman–Crippen LogP) is 3.18. The van der Waals surface area contributed by atoms with E-state index in [1.165, 1.54) is 19.3 Å². The smallest absolute Gasteiger partial charge is 0.338 e. The van der Waals surface area contributed by atoms with Gasteiger partial charge in [-0.3, -0.25) is 4.99 Å². The summed E-state index contributed by atoms with van der Waals surface area (Å²) in [6.45, 7) is 2.69. The number of halogens is 1. The molecule has 0 amide bonds. The predicted molar refractivity (Wildman–Crippen MR) is 92.5 cm³/mol. The molecule has 0 aromatic heterocycles. The van der Waals surface area contributed by atoms with Crippen molar-refractivity contribution in [1.29, 1.82) is 0 Å². The number of aliphatic hydroxyl groups excluding tert-OH is 1. The highest BCUT2D eigenvalue weighted by molar-refractivity contribution is 9.10. The van der Waals surface area contributed by atoms with Crippen LogP contribution in [0.2, 0.25) is 0 Å². The molecule has 6 heteroatoms. The topological polar surface area (TPSA) is 84.9 Å². The maximum atomic E-state index is 11.8. The van der Waals surface area contributed by atoms with E-state index in [1.807, 2.05) is 0 Å². The fourth-order valence-corrected chi connectivity index (χ4v) is 2.35. The molecule has 1 rings (SSSR count). The van der Waals surface area contributed by atoms with Gasteiger partial charge in [-0.2, -0.15) is 0 Å². The fourth-order valence-electron chi connectivity index (χ4n) is 1.88. The summed E-state index contributed by atoms with van der Waals surface area (Å²) in [7, 11) is 0. The molecule has 22 heavy (non-hydrogen) atoms. The molecule has 1 aromatic carbocycles. The molecule has 0 unspecified atom stereocenters. The van der Waals surface area contributed by atoms with Gasteiger partial charge in [-0.15, -0.1) is 0 Å². The van der Waals surface area contributed by atoms with Crippen molar-refractivity contribution < 1.29 is 14.6 Å². The zero-order valence-corrected chi connectivity index (χ0v) is 14.4. The summed E-state index contributed by atoms with van der Waals surface area (Å²) in [6, 6.07) is 3.25. The molecule has 0 spiro atoms. The second-order valence-electron chi connectivity index (χ2n) is 4.92. The zero-order valence-electron chi connectivity index (χ0n) is 12.8. The Balaban J connectivity index is 2.74. The van der Waals surface area contributed by atoms with Gasteiger partial charge in [0.1, 0.15) is 6.61 Å². The molecule has 0 bridgehead atoms. The van der Waals surface area contributed by atoms with Crippen LogP contribution in [-0.2, 0) is 4.74 Å². The maximum Gasteiger partial charge on any atom is 0.338 e. The van der Waals surface area contributed by atoms with Gasteiger partial charge in [-0.1, -0.05) is 26.2 Å². The molecular weight excluding hydrogens is 348 g/mol. The Labute approximate surface area is 139 Å².